The van der Waals surface area contributed by atoms with Crippen molar-refractivity contribution in [2.45, 2.75) is 25.8 Å². The number of nitrogens with zero attached hydrogens (tertiary/aromatic N) is 4. The molecule has 1 aliphatic heterocycles. The van der Waals surface area contributed by atoms with E-state index in [1.807, 2.05) is 49.5 Å². The average molecular weight is 445 g/mol. The largest absolute Gasteiger partial charge is 0.497 e. The van der Waals surface area contributed by atoms with E-state index in [0.29, 0.717) is 6.04 Å². The Morgan fingerprint density at radius 2 is 1.73 bits per heavy atom. The highest BCUT2D eigenvalue weighted by atomic mass is 16.5. The van der Waals surface area contributed by atoms with E-state index in [0.717, 1.165) is 76.8 Å². The monoisotopic (exact) mass is 444 g/mol. The molecule has 8 nitrogen and oxygen atoms in total. The summed E-state index contributed by atoms with van der Waals surface area (Å²) in [6.45, 7) is 4.10. The van der Waals surface area contributed by atoms with Crippen LogP contribution in [0.5, 0.6) is 11.5 Å². The zero-order chi connectivity index (χ0) is 22.8. The van der Waals surface area contributed by atoms with E-state index in [1.54, 1.807) is 14.2 Å². The van der Waals surface area contributed by atoms with Crippen LogP contribution in [0.4, 0.5) is 11.4 Å². The minimum absolute atomic E-state index is 0.433. The summed E-state index contributed by atoms with van der Waals surface area (Å²) in [5.41, 5.74) is 6.27. The Hall–Kier alpha value is -3.65. The molecule has 2 N–H and O–H groups in total. The molecule has 0 saturated carbocycles. The van der Waals surface area contributed by atoms with Crippen molar-refractivity contribution in [1.82, 2.24) is 25.1 Å². The Balaban J connectivity index is 1.45. The van der Waals surface area contributed by atoms with Gasteiger partial charge in [-0.3, -0.25) is 9.67 Å². The molecular weight excluding hydrogens is 416 g/mol. The molecule has 0 radical (unpaired) electrons. The highest BCUT2D eigenvalue weighted by Crippen LogP contribution is 2.30. The first kappa shape index (κ1) is 21.2. The van der Waals surface area contributed by atoms with Crippen LogP contribution in [0.2, 0.25) is 0 Å². The normalized spacial score (nSPS) is 14.4. The predicted molar refractivity (Wildman–Crippen MR) is 129 cm³/mol. The van der Waals surface area contributed by atoms with Gasteiger partial charge < -0.3 is 20.1 Å². The van der Waals surface area contributed by atoms with Crippen LogP contribution in [-0.2, 0) is 0 Å². The number of aryl methyl sites for hydroxylation is 1. The van der Waals surface area contributed by atoms with E-state index in [2.05, 4.69) is 26.5 Å². The lowest BCUT2D eigenvalue weighted by Crippen LogP contribution is -2.29. The summed E-state index contributed by atoms with van der Waals surface area (Å²) in [5, 5.41) is 11.6. The van der Waals surface area contributed by atoms with Gasteiger partial charge in [0.15, 0.2) is 0 Å². The number of aromatic nitrogens is 4. The number of hydrogen-bond donors (Lipinski definition) is 2. The van der Waals surface area contributed by atoms with E-state index in [9.17, 15) is 0 Å². The molecule has 1 aliphatic rings. The van der Waals surface area contributed by atoms with Gasteiger partial charge in [0, 0.05) is 41.3 Å². The molecule has 0 bridgehead atoms. The molecule has 0 atom stereocenters. The van der Waals surface area contributed by atoms with E-state index in [-0.39, 0.29) is 0 Å². The molecule has 1 saturated heterocycles. The fourth-order valence-electron chi connectivity index (χ4n) is 4.26. The number of fused-ring (bicyclic) bond motifs is 1. The van der Waals surface area contributed by atoms with Crippen LogP contribution in [0, 0.1) is 6.92 Å². The van der Waals surface area contributed by atoms with Crippen LogP contribution in [0.1, 0.15) is 24.6 Å². The van der Waals surface area contributed by atoms with E-state index in [4.69, 9.17) is 19.6 Å². The summed E-state index contributed by atoms with van der Waals surface area (Å²) < 4.78 is 12.8. The SMILES string of the molecule is COc1cc(Nc2ccc3ncc(-c4cn(C5CCNCC5)nc4C)nc3c2)cc(OC)c1. The van der Waals surface area contributed by atoms with Crippen LogP contribution >= 0.6 is 0 Å². The minimum Gasteiger partial charge on any atom is -0.497 e. The lowest BCUT2D eigenvalue weighted by atomic mass is 10.1. The number of nitrogens with one attached hydrogen (secondary N) is 2. The first-order valence-corrected chi connectivity index (χ1v) is 11.2. The summed E-state index contributed by atoms with van der Waals surface area (Å²) >= 11 is 0. The third-order valence-corrected chi connectivity index (χ3v) is 6.06. The maximum atomic E-state index is 5.37. The van der Waals surface area contributed by atoms with Crippen molar-refractivity contribution in [2.24, 2.45) is 0 Å². The van der Waals surface area contributed by atoms with Crippen molar-refractivity contribution in [3.63, 3.8) is 0 Å². The third-order valence-electron chi connectivity index (χ3n) is 6.06. The quantitative estimate of drug-likeness (QED) is 0.453. The maximum Gasteiger partial charge on any atom is 0.124 e. The van der Waals surface area contributed by atoms with Gasteiger partial charge in [0.05, 0.1) is 48.9 Å². The Bertz CT molecular complexity index is 1260. The van der Waals surface area contributed by atoms with Gasteiger partial charge in [-0.15, -0.1) is 0 Å². The molecule has 0 aliphatic carbocycles. The van der Waals surface area contributed by atoms with Gasteiger partial charge in [-0.1, -0.05) is 0 Å². The number of rotatable bonds is 6. The first-order chi connectivity index (χ1) is 16.1. The number of piperidine rings is 1. The Labute approximate surface area is 193 Å². The molecule has 170 valence electrons. The Morgan fingerprint density at radius 1 is 0.970 bits per heavy atom. The summed E-state index contributed by atoms with van der Waals surface area (Å²) in [5.74, 6) is 1.45. The second kappa shape index (κ2) is 9.07. The Kier molecular flexibility index (Phi) is 5.83. The topological polar surface area (TPSA) is 86.1 Å². The van der Waals surface area contributed by atoms with Crippen LogP contribution in [0.25, 0.3) is 22.3 Å². The van der Waals surface area contributed by atoms with Crippen molar-refractivity contribution < 1.29 is 9.47 Å². The van der Waals surface area contributed by atoms with Crippen LogP contribution in [-0.4, -0.2) is 47.1 Å². The summed E-state index contributed by atoms with van der Waals surface area (Å²) in [6, 6.07) is 12.1. The highest BCUT2D eigenvalue weighted by molar-refractivity contribution is 5.82. The standard InChI is InChI=1S/C25H28N6O2/c1-16-22(15-31(30-16)19-6-8-26-9-7-19)25-14-27-23-5-4-17(12-24(23)29-25)28-18-10-20(32-2)13-21(11-18)33-3/h4-5,10-15,19,26,28H,6-9H2,1-3H3. The van der Waals surface area contributed by atoms with Crippen molar-refractivity contribution in [3.05, 3.63) is 54.5 Å². The molecule has 0 amide bonds. The number of hydrogen-bond acceptors (Lipinski definition) is 7. The highest BCUT2D eigenvalue weighted by Gasteiger charge is 2.18. The van der Waals surface area contributed by atoms with Gasteiger partial charge in [-0.25, -0.2) is 4.98 Å². The fourth-order valence-corrected chi connectivity index (χ4v) is 4.26. The van der Waals surface area contributed by atoms with Gasteiger partial charge in [0.2, 0.25) is 0 Å². The molecule has 8 heteroatoms. The molecule has 2 aromatic heterocycles. The van der Waals surface area contributed by atoms with E-state index in [1.165, 1.54) is 0 Å². The molecule has 33 heavy (non-hydrogen) atoms. The molecule has 0 spiro atoms. The number of methoxy groups -OCH3 is 2. The fraction of sp³-hybridized carbons (Fsp3) is 0.320. The maximum absolute atomic E-state index is 5.37. The predicted octanol–water partition coefficient (Wildman–Crippen LogP) is 4.49. The Morgan fingerprint density at radius 3 is 2.45 bits per heavy atom. The molecule has 3 heterocycles. The van der Waals surface area contributed by atoms with Crippen molar-refractivity contribution in [2.75, 3.05) is 32.6 Å². The molecule has 2 aromatic carbocycles. The van der Waals surface area contributed by atoms with Crippen molar-refractivity contribution >= 4 is 22.4 Å². The van der Waals surface area contributed by atoms with Gasteiger partial charge in [0.1, 0.15) is 11.5 Å². The smallest absolute Gasteiger partial charge is 0.124 e. The number of ether oxygens (including phenoxy) is 2. The van der Waals surface area contributed by atoms with E-state index < -0.39 is 0 Å². The second-order valence-electron chi connectivity index (χ2n) is 8.27. The third kappa shape index (κ3) is 4.47. The number of anilines is 2. The van der Waals surface area contributed by atoms with Gasteiger partial charge in [-0.2, -0.15) is 5.10 Å². The van der Waals surface area contributed by atoms with Gasteiger partial charge in [-0.05, 0) is 51.1 Å². The molecule has 4 aromatic rings. The van der Waals surface area contributed by atoms with Crippen molar-refractivity contribution in [3.8, 4) is 22.8 Å². The molecule has 0 unspecified atom stereocenters. The second-order valence-corrected chi connectivity index (χ2v) is 8.27. The lowest BCUT2D eigenvalue weighted by Gasteiger charge is -2.22. The molecular formula is C25H28N6O2. The van der Waals surface area contributed by atoms with Gasteiger partial charge in [0.25, 0.3) is 0 Å². The summed E-state index contributed by atoms with van der Waals surface area (Å²) in [4.78, 5) is 9.56. The summed E-state index contributed by atoms with van der Waals surface area (Å²) in [6.07, 6.45) is 6.13. The lowest BCUT2D eigenvalue weighted by molar-refractivity contribution is 0.342. The minimum atomic E-state index is 0.433. The zero-order valence-corrected chi connectivity index (χ0v) is 19.1. The van der Waals surface area contributed by atoms with Crippen LogP contribution in [0.3, 0.4) is 0 Å². The van der Waals surface area contributed by atoms with Crippen LogP contribution in [0.15, 0.2) is 48.8 Å². The molecule has 5 rings (SSSR count). The van der Waals surface area contributed by atoms with E-state index >= 15 is 0 Å². The average Bonchev–Trinajstić information content (AvgIpc) is 3.25. The molecule has 1 fully saturated rings. The summed E-state index contributed by atoms with van der Waals surface area (Å²) in [7, 11) is 3.28. The number of benzene rings is 2. The zero-order valence-electron chi connectivity index (χ0n) is 19.1. The first-order valence-electron chi connectivity index (χ1n) is 11.2. The van der Waals surface area contributed by atoms with Crippen molar-refractivity contribution in [1.29, 1.82) is 0 Å². The van der Waals surface area contributed by atoms with Gasteiger partial charge >= 0.3 is 0 Å². The van der Waals surface area contributed by atoms with Crippen LogP contribution < -0.4 is 20.1 Å².